The van der Waals surface area contributed by atoms with Crippen LogP contribution in [0.1, 0.15) is 31.2 Å². The van der Waals surface area contributed by atoms with Crippen LogP contribution in [0.2, 0.25) is 0 Å². The van der Waals surface area contributed by atoms with Gasteiger partial charge in [-0.25, -0.2) is 4.98 Å². The molecule has 0 amide bonds. The van der Waals surface area contributed by atoms with E-state index in [4.69, 9.17) is 4.74 Å². The Morgan fingerprint density at radius 3 is 2.70 bits per heavy atom. The topological polar surface area (TPSA) is 47.9 Å². The van der Waals surface area contributed by atoms with E-state index in [2.05, 4.69) is 37.8 Å². The molecule has 5 heteroatoms. The van der Waals surface area contributed by atoms with Crippen molar-refractivity contribution in [1.82, 2.24) is 15.0 Å². The lowest BCUT2D eigenvalue weighted by molar-refractivity contribution is 0.297. The summed E-state index contributed by atoms with van der Waals surface area (Å²) in [6, 6.07) is 5.87. The van der Waals surface area contributed by atoms with Crippen LogP contribution in [0.4, 0.5) is 0 Å². The van der Waals surface area contributed by atoms with E-state index >= 15 is 0 Å². The summed E-state index contributed by atoms with van der Waals surface area (Å²) in [5.41, 5.74) is 1.28. The zero-order chi connectivity index (χ0) is 14.2. The molecule has 0 bridgehead atoms. The quantitative estimate of drug-likeness (QED) is 0.573. The van der Waals surface area contributed by atoms with Crippen molar-refractivity contribution in [1.29, 1.82) is 0 Å². The Balaban J connectivity index is 1.81. The summed E-state index contributed by atoms with van der Waals surface area (Å²) in [5.74, 6) is 1.47. The third-order valence-electron chi connectivity index (χ3n) is 2.80. The van der Waals surface area contributed by atoms with Crippen LogP contribution in [-0.4, -0.2) is 21.6 Å². The maximum Gasteiger partial charge on any atom is 0.217 e. The number of ether oxygens (including phenoxy) is 1. The Bertz CT molecular complexity index is 534. The van der Waals surface area contributed by atoms with E-state index in [9.17, 15) is 0 Å². The fourth-order valence-corrected chi connectivity index (χ4v) is 2.25. The van der Waals surface area contributed by atoms with Crippen LogP contribution in [0.5, 0.6) is 5.88 Å². The molecule has 106 valence electrons. The van der Waals surface area contributed by atoms with Gasteiger partial charge in [0.05, 0.1) is 6.61 Å². The van der Waals surface area contributed by atoms with Gasteiger partial charge in [-0.15, -0.1) is 0 Å². The van der Waals surface area contributed by atoms with Crippen molar-refractivity contribution in [2.24, 2.45) is 0 Å². The molecule has 2 aromatic rings. The number of aryl methyl sites for hydroxylation is 2. The van der Waals surface area contributed by atoms with E-state index < -0.39 is 0 Å². The first kappa shape index (κ1) is 14.9. The van der Waals surface area contributed by atoms with Gasteiger partial charge in [0.25, 0.3) is 0 Å². The molecule has 2 aromatic heterocycles. The van der Waals surface area contributed by atoms with E-state index in [1.54, 1.807) is 0 Å². The second kappa shape index (κ2) is 7.94. The molecule has 0 aliphatic rings. The zero-order valence-corrected chi connectivity index (χ0v) is 13.1. The molecule has 2 heterocycles. The lowest BCUT2D eigenvalue weighted by Crippen LogP contribution is -2.04. The van der Waals surface area contributed by atoms with Gasteiger partial charge in [0.2, 0.25) is 5.88 Å². The van der Waals surface area contributed by atoms with Gasteiger partial charge in [-0.05, 0) is 52.9 Å². The van der Waals surface area contributed by atoms with Crippen molar-refractivity contribution < 1.29 is 4.74 Å². The van der Waals surface area contributed by atoms with E-state index in [-0.39, 0.29) is 0 Å². The second-order valence-electron chi connectivity index (χ2n) is 4.50. The van der Waals surface area contributed by atoms with Crippen LogP contribution in [0.25, 0.3) is 0 Å². The number of hydrogen-bond donors (Lipinski definition) is 0. The van der Waals surface area contributed by atoms with E-state index in [1.165, 1.54) is 5.56 Å². The van der Waals surface area contributed by atoms with E-state index in [1.807, 2.05) is 30.6 Å². The van der Waals surface area contributed by atoms with Crippen LogP contribution < -0.4 is 4.74 Å². The summed E-state index contributed by atoms with van der Waals surface area (Å²) in [5, 5.41) is 0. The first-order valence-corrected chi connectivity index (χ1v) is 7.62. The monoisotopic (exact) mass is 335 g/mol. The molecule has 0 aromatic carbocycles. The molecule has 0 radical (unpaired) electrons. The van der Waals surface area contributed by atoms with Gasteiger partial charge in [0.1, 0.15) is 10.4 Å². The molecule has 2 rings (SSSR count). The molecule has 0 aliphatic carbocycles. The molecule has 0 saturated heterocycles. The number of aromatic nitrogens is 3. The normalized spacial score (nSPS) is 10.5. The van der Waals surface area contributed by atoms with Gasteiger partial charge in [-0.2, -0.15) is 4.98 Å². The highest BCUT2D eigenvalue weighted by atomic mass is 79.9. The predicted molar refractivity (Wildman–Crippen MR) is 81.8 cm³/mol. The van der Waals surface area contributed by atoms with Crippen LogP contribution >= 0.6 is 15.9 Å². The molecular weight excluding hydrogens is 318 g/mol. The summed E-state index contributed by atoms with van der Waals surface area (Å²) in [6.45, 7) is 2.76. The number of pyridine rings is 1. The molecule has 20 heavy (non-hydrogen) atoms. The van der Waals surface area contributed by atoms with Crippen molar-refractivity contribution in [3.05, 3.63) is 46.6 Å². The lowest BCUT2D eigenvalue weighted by Gasteiger charge is -2.07. The van der Waals surface area contributed by atoms with Crippen LogP contribution in [-0.2, 0) is 12.8 Å². The smallest absolute Gasteiger partial charge is 0.217 e. The Morgan fingerprint density at radius 1 is 1.15 bits per heavy atom. The third-order valence-corrected chi connectivity index (χ3v) is 3.21. The molecule has 0 aliphatic heterocycles. The summed E-state index contributed by atoms with van der Waals surface area (Å²) < 4.78 is 6.48. The molecule has 0 N–H and O–H groups in total. The van der Waals surface area contributed by atoms with Crippen molar-refractivity contribution in [3.8, 4) is 5.88 Å². The lowest BCUT2D eigenvalue weighted by atomic mass is 10.1. The van der Waals surface area contributed by atoms with Crippen LogP contribution in [0.3, 0.4) is 0 Å². The fraction of sp³-hybridized carbons (Fsp3) is 0.400. The fourth-order valence-electron chi connectivity index (χ4n) is 1.85. The molecule has 0 spiro atoms. The molecular formula is C15H18BrN3O. The summed E-state index contributed by atoms with van der Waals surface area (Å²) >= 11 is 3.39. The number of halogens is 1. The number of nitrogens with zero attached hydrogens (tertiary/aromatic N) is 3. The highest BCUT2D eigenvalue weighted by Gasteiger charge is 2.03. The predicted octanol–water partition coefficient (Wildman–Crippen LogP) is 3.60. The Hall–Kier alpha value is -1.49. The minimum Gasteiger partial charge on any atom is -0.478 e. The van der Waals surface area contributed by atoms with Gasteiger partial charge in [-0.3, -0.25) is 4.98 Å². The van der Waals surface area contributed by atoms with E-state index in [0.717, 1.165) is 36.1 Å². The van der Waals surface area contributed by atoms with E-state index in [0.29, 0.717) is 12.5 Å². The maximum absolute atomic E-state index is 5.70. The second-order valence-corrected chi connectivity index (χ2v) is 5.32. The van der Waals surface area contributed by atoms with Crippen LogP contribution in [0, 0.1) is 0 Å². The summed E-state index contributed by atoms with van der Waals surface area (Å²) in [4.78, 5) is 12.7. The Labute approximate surface area is 127 Å². The first-order valence-electron chi connectivity index (χ1n) is 6.83. The van der Waals surface area contributed by atoms with Gasteiger partial charge in [0.15, 0.2) is 0 Å². The van der Waals surface area contributed by atoms with Crippen molar-refractivity contribution in [2.45, 2.75) is 32.6 Å². The summed E-state index contributed by atoms with van der Waals surface area (Å²) in [7, 11) is 0. The van der Waals surface area contributed by atoms with Gasteiger partial charge in [0, 0.05) is 24.9 Å². The van der Waals surface area contributed by atoms with Gasteiger partial charge < -0.3 is 4.74 Å². The molecule has 0 unspecified atom stereocenters. The molecule has 0 saturated carbocycles. The highest BCUT2D eigenvalue weighted by molar-refractivity contribution is 9.10. The van der Waals surface area contributed by atoms with Gasteiger partial charge in [-0.1, -0.05) is 6.92 Å². The number of hydrogen-bond acceptors (Lipinski definition) is 4. The standard InChI is InChI=1S/C15H18BrN3O/c1-2-4-14-18-13(16)11-15(19-14)20-10-3-5-12-6-8-17-9-7-12/h6-9,11H,2-5,10H2,1H3. The molecule has 0 atom stereocenters. The van der Waals surface area contributed by atoms with Crippen molar-refractivity contribution in [3.63, 3.8) is 0 Å². The zero-order valence-electron chi connectivity index (χ0n) is 11.6. The highest BCUT2D eigenvalue weighted by Crippen LogP contribution is 2.15. The van der Waals surface area contributed by atoms with Gasteiger partial charge >= 0.3 is 0 Å². The Morgan fingerprint density at radius 2 is 1.95 bits per heavy atom. The summed E-state index contributed by atoms with van der Waals surface area (Å²) in [6.07, 6.45) is 7.46. The average molecular weight is 336 g/mol. The number of rotatable bonds is 7. The van der Waals surface area contributed by atoms with Crippen molar-refractivity contribution >= 4 is 15.9 Å². The maximum atomic E-state index is 5.70. The Kier molecular flexibility index (Phi) is 5.92. The molecule has 4 nitrogen and oxygen atoms in total. The largest absolute Gasteiger partial charge is 0.478 e. The molecule has 0 fully saturated rings. The SMILES string of the molecule is CCCc1nc(Br)cc(OCCCc2ccncc2)n1. The minimum atomic E-state index is 0.644. The average Bonchev–Trinajstić information content (AvgIpc) is 2.45. The first-order chi connectivity index (χ1) is 9.78. The van der Waals surface area contributed by atoms with Crippen molar-refractivity contribution in [2.75, 3.05) is 6.61 Å². The minimum absolute atomic E-state index is 0.644. The third kappa shape index (κ3) is 4.89. The van der Waals surface area contributed by atoms with Crippen LogP contribution in [0.15, 0.2) is 35.2 Å².